The first-order valence-corrected chi connectivity index (χ1v) is 3.93. The number of nitrogens with zero attached hydrogens (tertiary/aromatic N) is 3. The molecule has 0 aliphatic rings. The van der Waals surface area contributed by atoms with E-state index < -0.39 is 0 Å². The number of aromatic nitrogens is 2. The molecule has 0 saturated carbocycles. The first kappa shape index (κ1) is 8.77. The highest BCUT2D eigenvalue weighted by atomic mass is 15.3. The van der Waals surface area contributed by atoms with Gasteiger partial charge in [0.1, 0.15) is 11.5 Å². The molecular formula is C8H14N4. The quantitative estimate of drug-likeness (QED) is 0.514. The smallest absolute Gasteiger partial charge is 0.146 e. The highest BCUT2D eigenvalue weighted by Crippen LogP contribution is 1.95. The third-order valence-corrected chi connectivity index (χ3v) is 1.37. The van der Waals surface area contributed by atoms with Gasteiger partial charge in [-0.2, -0.15) is 5.10 Å². The molecule has 0 radical (unpaired) electrons. The Hall–Kier alpha value is -1.32. The van der Waals surface area contributed by atoms with Crippen molar-refractivity contribution in [2.24, 2.45) is 17.8 Å². The maximum atomic E-state index is 5.68. The average Bonchev–Trinajstić information content (AvgIpc) is 2.34. The van der Waals surface area contributed by atoms with E-state index in [1.54, 1.807) is 4.68 Å². The summed E-state index contributed by atoms with van der Waals surface area (Å²) in [6, 6.07) is 2.06. The van der Waals surface area contributed by atoms with Gasteiger partial charge in [-0.1, -0.05) is 0 Å². The van der Waals surface area contributed by atoms with Gasteiger partial charge in [-0.3, -0.25) is 9.67 Å². The molecule has 1 rings (SSSR count). The molecule has 2 N–H and O–H groups in total. The molecule has 1 heterocycles. The van der Waals surface area contributed by atoms with Gasteiger partial charge in [0.05, 0.1) is 0 Å². The molecule has 0 aliphatic carbocycles. The van der Waals surface area contributed by atoms with Gasteiger partial charge in [-0.15, -0.1) is 0 Å². The Morgan fingerprint density at radius 1 is 1.67 bits per heavy atom. The second-order valence-electron chi connectivity index (χ2n) is 2.98. The summed E-state index contributed by atoms with van der Waals surface area (Å²) in [5.41, 5.74) is 6.43. The van der Waals surface area contributed by atoms with Gasteiger partial charge in [-0.25, -0.2) is 0 Å². The SMILES string of the molecule is CC(C)N=C(N)c1ccn(C)n1. The molecule has 1 aromatic rings. The fraction of sp³-hybridized carbons (Fsp3) is 0.500. The van der Waals surface area contributed by atoms with Gasteiger partial charge >= 0.3 is 0 Å². The molecule has 12 heavy (non-hydrogen) atoms. The number of rotatable bonds is 2. The van der Waals surface area contributed by atoms with Gasteiger partial charge in [0.25, 0.3) is 0 Å². The van der Waals surface area contributed by atoms with Crippen molar-refractivity contribution in [3.63, 3.8) is 0 Å². The van der Waals surface area contributed by atoms with E-state index in [-0.39, 0.29) is 6.04 Å². The van der Waals surface area contributed by atoms with E-state index in [1.807, 2.05) is 33.2 Å². The molecule has 0 spiro atoms. The van der Waals surface area contributed by atoms with Crippen LogP contribution in [-0.4, -0.2) is 21.7 Å². The van der Waals surface area contributed by atoms with Crippen LogP contribution in [0.5, 0.6) is 0 Å². The Bertz CT molecular complexity index is 285. The summed E-state index contributed by atoms with van der Waals surface area (Å²) in [5.74, 6) is 0.505. The highest BCUT2D eigenvalue weighted by molar-refractivity contribution is 5.95. The van der Waals surface area contributed by atoms with E-state index >= 15 is 0 Å². The molecule has 4 heteroatoms. The predicted molar refractivity (Wildman–Crippen MR) is 49.1 cm³/mol. The van der Waals surface area contributed by atoms with Crippen molar-refractivity contribution in [3.8, 4) is 0 Å². The second kappa shape index (κ2) is 3.38. The zero-order valence-corrected chi connectivity index (χ0v) is 7.65. The first-order chi connectivity index (χ1) is 5.59. The molecule has 0 amide bonds. The minimum Gasteiger partial charge on any atom is -0.382 e. The molecule has 0 atom stereocenters. The fourth-order valence-corrected chi connectivity index (χ4v) is 0.896. The van der Waals surface area contributed by atoms with E-state index in [2.05, 4.69) is 10.1 Å². The highest BCUT2D eigenvalue weighted by Gasteiger charge is 2.01. The summed E-state index contributed by atoms with van der Waals surface area (Å²) >= 11 is 0. The topological polar surface area (TPSA) is 56.2 Å². The van der Waals surface area contributed by atoms with Crippen molar-refractivity contribution < 1.29 is 0 Å². The van der Waals surface area contributed by atoms with Gasteiger partial charge in [0.15, 0.2) is 0 Å². The Kier molecular flexibility index (Phi) is 2.47. The third kappa shape index (κ3) is 2.08. The van der Waals surface area contributed by atoms with Crippen LogP contribution in [0, 0.1) is 0 Å². The molecule has 0 aromatic carbocycles. The molecule has 1 aromatic heterocycles. The molecule has 0 unspecified atom stereocenters. The maximum absolute atomic E-state index is 5.68. The molecule has 0 aliphatic heterocycles. The van der Waals surface area contributed by atoms with Crippen molar-refractivity contribution in [2.45, 2.75) is 19.9 Å². The number of hydrogen-bond acceptors (Lipinski definition) is 2. The molecule has 0 fully saturated rings. The molecule has 0 saturated heterocycles. The number of hydrogen-bond donors (Lipinski definition) is 1. The summed E-state index contributed by atoms with van der Waals surface area (Å²) in [6.45, 7) is 3.96. The lowest BCUT2D eigenvalue weighted by Crippen LogP contribution is -2.16. The number of aliphatic imine (C=N–C) groups is 1. The summed E-state index contributed by atoms with van der Waals surface area (Å²) in [7, 11) is 1.85. The average molecular weight is 166 g/mol. The minimum atomic E-state index is 0.215. The molecule has 4 nitrogen and oxygen atoms in total. The fourth-order valence-electron chi connectivity index (χ4n) is 0.896. The van der Waals surface area contributed by atoms with E-state index in [9.17, 15) is 0 Å². The lowest BCUT2D eigenvalue weighted by molar-refractivity contribution is 0.762. The minimum absolute atomic E-state index is 0.215. The molecule has 0 bridgehead atoms. The van der Waals surface area contributed by atoms with E-state index in [0.29, 0.717) is 5.84 Å². The second-order valence-corrected chi connectivity index (χ2v) is 2.98. The summed E-state index contributed by atoms with van der Waals surface area (Å²) < 4.78 is 1.71. The van der Waals surface area contributed by atoms with Crippen LogP contribution in [0.4, 0.5) is 0 Å². The predicted octanol–water partition coefficient (Wildman–Crippen LogP) is 0.534. The van der Waals surface area contributed by atoms with Crippen molar-refractivity contribution >= 4 is 5.84 Å². The largest absolute Gasteiger partial charge is 0.382 e. The standard InChI is InChI=1S/C8H14N4/c1-6(2)10-8(9)7-4-5-12(3)11-7/h4-6H,1-3H3,(H2,9,10). The number of aryl methyl sites for hydroxylation is 1. The maximum Gasteiger partial charge on any atom is 0.146 e. The van der Waals surface area contributed by atoms with E-state index in [1.165, 1.54) is 0 Å². The molecular weight excluding hydrogens is 152 g/mol. The monoisotopic (exact) mass is 166 g/mol. The lowest BCUT2D eigenvalue weighted by Gasteiger charge is -1.98. The number of nitrogens with two attached hydrogens (primary N) is 1. The lowest BCUT2D eigenvalue weighted by atomic mass is 10.3. The van der Waals surface area contributed by atoms with Gasteiger partial charge < -0.3 is 5.73 Å². The van der Waals surface area contributed by atoms with Crippen molar-refractivity contribution in [2.75, 3.05) is 0 Å². The summed E-state index contributed by atoms with van der Waals surface area (Å²) in [5, 5.41) is 4.12. The van der Waals surface area contributed by atoms with E-state index in [0.717, 1.165) is 5.69 Å². The zero-order valence-electron chi connectivity index (χ0n) is 7.65. The van der Waals surface area contributed by atoms with Crippen LogP contribution in [0.15, 0.2) is 17.3 Å². The summed E-state index contributed by atoms with van der Waals surface area (Å²) in [4.78, 5) is 4.18. The van der Waals surface area contributed by atoms with Crippen molar-refractivity contribution in [3.05, 3.63) is 18.0 Å². The van der Waals surface area contributed by atoms with Crippen LogP contribution in [0.1, 0.15) is 19.5 Å². The van der Waals surface area contributed by atoms with Crippen molar-refractivity contribution in [1.29, 1.82) is 0 Å². The Morgan fingerprint density at radius 3 is 2.75 bits per heavy atom. The Morgan fingerprint density at radius 2 is 2.33 bits per heavy atom. The van der Waals surface area contributed by atoms with Gasteiger partial charge in [-0.05, 0) is 19.9 Å². The number of amidine groups is 1. The van der Waals surface area contributed by atoms with E-state index in [4.69, 9.17) is 5.73 Å². The van der Waals surface area contributed by atoms with Crippen LogP contribution in [0.3, 0.4) is 0 Å². The Balaban J connectivity index is 2.84. The van der Waals surface area contributed by atoms with Crippen LogP contribution < -0.4 is 5.73 Å². The first-order valence-electron chi connectivity index (χ1n) is 3.93. The van der Waals surface area contributed by atoms with Crippen LogP contribution >= 0.6 is 0 Å². The summed E-state index contributed by atoms with van der Waals surface area (Å²) in [6.07, 6.45) is 1.85. The zero-order chi connectivity index (χ0) is 9.14. The van der Waals surface area contributed by atoms with Crippen LogP contribution in [-0.2, 0) is 7.05 Å². The van der Waals surface area contributed by atoms with Crippen LogP contribution in [0.2, 0.25) is 0 Å². The normalized spacial score (nSPS) is 12.5. The molecule has 66 valence electrons. The third-order valence-electron chi connectivity index (χ3n) is 1.37. The van der Waals surface area contributed by atoms with Gasteiger partial charge in [0, 0.05) is 19.3 Å². The van der Waals surface area contributed by atoms with Crippen molar-refractivity contribution in [1.82, 2.24) is 9.78 Å². The van der Waals surface area contributed by atoms with Gasteiger partial charge in [0.2, 0.25) is 0 Å². The Labute approximate surface area is 72.1 Å². The van der Waals surface area contributed by atoms with Crippen LogP contribution in [0.25, 0.3) is 0 Å².